The summed E-state index contributed by atoms with van der Waals surface area (Å²) in [5.74, 6) is 0.665. The average Bonchev–Trinajstić information content (AvgIpc) is 2.36. The molecule has 1 aromatic rings. The van der Waals surface area contributed by atoms with Crippen molar-refractivity contribution in [2.45, 2.75) is 39.2 Å². The molecule has 0 saturated heterocycles. The second-order valence-corrected chi connectivity index (χ2v) is 3.72. The largest absolute Gasteiger partial charge is 0.466 e. The van der Waals surface area contributed by atoms with Gasteiger partial charge in [0.15, 0.2) is 0 Å². The number of unbranched alkanes of at least 4 members (excludes halogenated alkanes) is 1. The van der Waals surface area contributed by atoms with Crippen LogP contribution in [-0.2, 0) is 22.5 Å². The van der Waals surface area contributed by atoms with E-state index in [1.54, 1.807) is 12.4 Å². The molecule has 0 atom stereocenters. The molecule has 94 valence electrons. The fourth-order valence-electron chi connectivity index (χ4n) is 1.40. The SMILES string of the molecule is CCOC(=O)CCCCc1ncc(CN)cn1. The van der Waals surface area contributed by atoms with E-state index in [2.05, 4.69) is 9.97 Å². The van der Waals surface area contributed by atoms with Crippen LogP contribution in [0.2, 0.25) is 0 Å². The minimum absolute atomic E-state index is 0.133. The lowest BCUT2D eigenvalue weighted by atomic mass is 10.2. The molecule has 0 spiro atoms. The van der Waals surface area contributed by atoms with E-state index >= 15 is 0 Å². The zero-order valence-electron chi connectivity index (χ0n) is 10.2. The molecule has 0 bridgehead atoms. The van der Waals surface area contributed by atoms with Crippen molar-refractivity contribution >= 4 is 5.97 Å². The van der Waals surface area contributed by atoms with Crippen LogP contribution in [0.1, 0.15) is 37.6 Å². The minimum Gasteiger partial charge on any atom is -0.466 e. The smallest absolute Gasteiger partial charge is 0.305 e. The van der Waals surface area contributed by atoms with Crippen molar-refractivity contribution in [3.63, 3.8) is 0 Å². The third-order valence-electron chi connectivity index (χ3n) is 2.33. The lowest BCUT2D eigenvalue weighted by Crippen LogP contribution is -2.04. The second-order valence-electron chi connectivity index (χ2n) is 3.72. The maximum absolute atomic E-state index is 11.1. The number of hydrogen-bond acceptors (Lipinski definition) is 5. The van der Waals surface area contributed by atoms with Crippen LogP contribution in [0.3, 0.4) is 0 Å². The van der Waals surface area contributed by atoms with Gasteiger partial charge in [0, 0.05) is 37.3 Å². The zero-order valence-corrected chi connectivity index (χ0v) is 10.2. The summed E-state index contributed by atoms with van der Waals surface area (Å²) in [5.41, 5.74) is 6.38. The fraction of sp³-hybridized carbons (Fsp3) is 0.583. The summed E-state index contributed by atoms with van der Waals surface area (Å²) in [7, 11) is 0. The molecule has 2 N–H and O–H groups in total. The van der Waals surface area contributed by atoms with E-state index in [-0.39, 0.29) is 5.97 Å². The molecule has 0 aromatic carbocycles. The maximum atomic E-state index is 11.1. The summed E-state index contributed by atoms with van der Waals surface area (Å²) in [6, 6.07) is 0. The van der Waals surface area contributed by atoms with E-state index in [1.807, 2.05) is 6.92 Å². The number of nitrogens with zero attached hydrogens (tertiary/aromatic N) is 2. The predicted octanol–water partition coefficient (Wildman–Crippen LogP) is 1.21. The molecule has 1 aromatic heterocycles. The van der Waals surface area contributed by atoms with Gasteiger partial charge in [0.05, 0.1) is 6.61 Å². The second kappa shape index (κ2) is 7.73. The first kappa shape index (κ1) is 13.6. The van der Waals surface area contributed by atoms with Gasteiger partial charge in [-0.2, -0.15) is 0 Å². The third kappa shape index (κ3) is 5.40. The average molecular weight is 237 g/mol. The van der Waals surface area contributed by atoms with Crippen LogP contribution >= 0.6 is 0 Å². The summed E-state index contributed by atoms with van der Waals surface area (Å²) in [6.07, 6.45) is 6.43. The van der Waals surface area contributed by atoms with Crippen LogP contribution in [0.5, 0.6) is 0 Å². The van der Waals surface area contributed by atoms with E-state index in [1.165, 1.54) is 0 Å². The molecule has 0 radical (unpaired) electrons. The van der Waals surface area contributed by atoms with E-state index in [4.69, 9.17) is 10.5 Å². The highest BCUT2D eigenvalue weighted by Gasteiger charge is 2.02. The lowest BCUT2D eigenvalue weighted by Gasteiger charge is -2.02. The topological polar surface area (TPSA) is 78.1 Å². The Labute approximate surface area is 101 Å². The van der Waals surface area contributed by atoms with Gasteiger partial charge in [-0.05, 0) is 19.8 Å². The van der Waals surface area contributed by atoms with Gasteiger partial charge in [-0.25, -0.2) is 9.97 Å². The molecule has 0 amide bonds. The first-order valence-corrected chi connectivity index (χ1v) is 5.91. The van der Waals surface area contributed by atoms with Crippen molar-refractivity contribution < 1.29 is 9.53 Å². The number of ether oxygens (including phenoxy) is 1. The van der Waals surface area contributed by atoms with Crippen LogP contribution in [-0.4, -0.2) is 22.5 Å². The van der Waals surface area contributed by atoms with E-state index in [0.717, 1.165) is 30.7 Å². The third-order valence-corrected chi connectivity index (χ3v) is 2.33. The van der Waals surface area contributed by atoms with E-state index < -0.39 is 0 Å². The maximum Gasteiger partial charge on any atom is 0.305 e. The number of aryl methyl sites for hydroxylation is 1. The molecule has 1 rings (SSSR count). The molecule has 0 aliphatic rings. The molecule has 5 nitrogen and oxygen atoms in total. The molecule has 17 heavy (non-hydrogen) atoms. The van der Waals surface area contributed by atoms with Crippen molar-refractivity contribution in [2.75, 3.05) is 6.61 Å². The fourth-order valence-corrected chi connectivity index (χ4v) is 1.40. The molecule has 0 aliphatic heterocycles. The number of aromatic nitrogens is 2. The summed E-state index contributed by atoms with van der Waals surface area (Å²) in [5, 5.41) is 0. The Kier molecular flexibility index (Phi) is 6.17. The Balaban J connectivity index is 2.19. The van der Waals surface area contributed by atoms with Gasteiger partial charge in [-0.3, -0.25) is 4.79 Å². The quantitative estimate of drug-likeness (QED) is 0.569. The van der Waals surface area contributed by atoms with Gasteiger partial charge < -0.3 is 10.5 Å². The molecule has 0 saturated carbocycles. The number of esters is 1. The Morgan fingerprint density at radius 1 is 1.35 bits per heavy atom. The Hall–Kier alpha value is -1.49. The highest BCUT2D eigenvalue weighted by atomic mass is 16.5. The van der Waals surface area contributed by atoms with Gasteiger partial charge in [0.1, 0.15) is 5.82 Å². The Morgan fingerprint density at radius 2 is 2.06 bits per heavy atom. The highest BCUT2D eigenvalue weighted by molar-refractivity contribution is 5.69. The Bertz CT molecular complexity index is 338. The number of rotatable bonds is 7. The number of carbonyl (C=O) groups is 1. The number of carbonyl (C=O) groups excluding carboxylic acids is 1. The van der Waals surface area contributed by atoms with Crippen LogP contribution in [0.15, 0.2) is 12.4 Å². The van der Waals surface area contributed by atoms with Crippen molar-refractivity contribution in [1.82, 2.24) is 9.97 Å². The van der Waals surface area contributed by atoms with Gasteiger partial charge in [0.2, 0.25) is 0 Å². The van der Waals surface area contributed by atoms with Gasteiger partial charge >= 0.3 is 5.97 Å². The lowest BCUT2D eigenvalue weighted by molar-refractivity contribution is -0.143. The Morgan fingerprint density at radius 3 is 2.65 bits per heavy atom. The summed E-state index contributed by atoms with van der Waals surface area (Å²) < 4.78 is 4.84. The molecule has 0 aliphatic carbocycles. The minimum atomic E-state index is -0.133. The van der Waals surface area contributed by atoms with Gasteiger partial charge in [-0.1, -0.05) is 0 Å². The highest BCUT2D eigenvalue weighted by Crippen LogP contribution is 2.03. The van der Waals surface area contributed by atoms with E-state index in [9.17, 15) is 4.79 Å². The molecular formula is C12H19N3O2. The molecular weight excluding hydrogens is 218 g/mol. The molecule has 5 heteroatoms. The van der Waals surface area contributed by atoms with E-state index in [0.29, 0.717) is 19.6 Å². The van der Waals surface area contributed by atoms with Gasteiger partial charge in [0.25, 0.3) is 0 Å². The monoisotopic (exact) mass is 237 g/mol. The zero-order chi connectivity index (χ0) is 12.5. The molecule has 0 unspecified atom stereocenters. The van der Waals surface area contributed by atoms with Crippen LogP contribution in [0, 0.1) is 0 Å². The first-order valence-electron chi connectivity index (χ1n) is 5.91. The van der Waals surface area contributed by atoms with Crippen LogP contribution in [0.4, 0.5) is 0 Å². The molecule has 0 fully saturated rings. The summed E-state index contributed by atoms with van der Waals surface area (Å²) in [4.78, 5) is 19.5. The van der Waals surface area contributed by atoms with Crippen molar-refractivity contribution in [3.8, 4) is 0 Å². The van der Waals surface area contributed by atoms with Crippen molar-refractivity contribution in [3.05, 3.63) is 23.8 Å². The van der Waals surface area contributed by atoms with Crippen molar-refractivity contribution in [2.24, 2.45) is 5.73 Å². The van der Waals surface area contributed by atoms with Crippen LogP contribution < -0.4 is 5.73 Å². The number of hydrogen-bond donors (Lipinski definition) is 1. The summed E-state index contributed by atoms with van der Waals surface area (Å²) >= 11 is 0. The normalized spacial score (nSPS) is 10.2. The van der Waals surface area contributed by atoms with Gasteiger partial charge in [-0.15, -0.1) is 0 Å². The standard InChI is InChI=1S/C12H19N3O2/c1-2-17-12(16)6-4-3-5-11-14-8-10(7-13)9-15-11/h8-9H,2-7,13H2,1H3. The van der Waals surface area contributed by atoms with Crippen molar-refractivity contribution in [1.29, 1.82) is 0 Å². The first-order chi connectivity index (χ1) is 8.26. The van der Waals surface area contributed by atoms with Crippen LogP contribution in [0.25, 0.3) is 0 Å². The summed E-state index contributed by atoms with van der Waals surface area (Å²) in [6.45, 7) is 2.72. The number of nitrogens with two attached hydrogens (primary N) is 1. The predicted molar refractivity (Wildman–Crippen MR) is 64.1 cm³/mol. The molecule has 1 heterocycles.